The predicted molar refractivity (Wildman–Crippen MR) is 75.9 cm³/mol. The van der Waals surface area contributed by atoms with E-state index in [0.717, 1.165) is 16.5 Å². The maximum Gasteiger partial charge on any atom is 0.310 e. The second-order valence-corrected chi connectivity index (χ2v) is 5.72. The van der Waals surface area contributed by atoms with Gasteiger partial charge in [0.05, 0.1) is 5.92 Å². The molecule has 0 aliphatic carbocycles. The van der Waals surface area contributed by atoms with Crippen LogP contribution in [-0.2, 0) is 16.1 Å². The summed E-state index contributed by atoms with van der Waals surface area (Å²) in [6, 6.07) is 7.72. The first-order chi connectivity index (χ1) is 8.52. The number of benzene rings is 1. The third kappa shape index (κ3) is 5.19. The highest BCUT2D eigenvalue weighted by atomic mass is 79.9. The Bertz CT molecular complexity index is 393. The summed E-state index contributed by atoms with van der Waals surface area (Å²) in [7, 11) is 0. The Balaban J connectivity index is 2.49. The van der Waals surface area contributed by atoms with Gasteiger partial charge in [-0.1, -0.05) is 41.9 Å². The SMILES string of the molecule is CC(C)CC(CN)C(=O)OCc1cccc(Br)c1. The number of esters is 1. The number of halogens is 1. The smallest absolute Gasteiger partial charge is 0.310 e. The van der Waals surface area contributed by atoms with Crippen molar-refractivity contribution in [3.63, 3.8) is 0 Å². The largest absolute Gasteiger partial charge is 0.461 e. The molecule has 2 N–H and O–H groups in total. The van der Waals surface area contributed by atoms with Crippen molar-refractivity contribution in [1.29, 1.82) is 0 Å². The van der Waals surface area contributed by atoms with E-state index in [9.17, 15) is 4.79 Å². The Hall–Kier alpha value is -0.870. The summed E-state index contributed by atoms with van der Waals surface area (Å²) in [5, 5.41) is 0. The molecular formula is C14H20BrNO2. The standard InChI is InChI=1S/C14H20BrNO2/c1-10(2)6-12(8-16)14(17)18-9-11-4-3-5-13(15)7-11/h3-5,7,10,12H,6,8-9,16H2,1-2H3. The Morgan fingerprint density at radius 3 is 2.72 bits per heavy atom. The molecule has 0 heterocycles. The van der Waals surface area contributed by atoms with Crippen LogP contribution in [0.5, 0.6) is 0 Å². The molecule has 1 aromatic carbocycles. The third-order valence-corrected chi connectivity index (χ3v) is 3.14. The summed E-state index contributed by atoms with van der Waals surface area (Å²) in [6.07, 6.45) is 0.772. The molecule has 0 fully saturated rings. The van der Waals surface area contributed by atoms with Gasteiger partial charge >= 0.3 is 5.97 Å². The molecule has 100 valence electrons. The fraction of sp³-hybridized carbons (Fsp3) is 0.500. The Morgan fingerprint density at radius 2 is 2.17 bits per heavy atom. The molecule has 4 heteroatoms. The van der Waals surface area contributed by atoms with Crippen molar-refractivity contribution in [3.8, 4) is 0 Å². The van der Waals surface area contributed by atoms with Crippen LogP contribution in [0.1, 0.15) is 25.8 Å². The van der Waals surface area contributed by atoms with Crippen molar-refractivity contribution in [2.24, 2.45) is 17.6 Å². The van der Waals surface area contributed by atoms with E-state index in [1.165, 1.54) is 0 Å². The van der Waals surface area contributed by atoms with Crippen LogP contribution in [0.4, 0.5) is 0 Å². The van der Waals surface area contributed by atoms with Gasteiger partial charge in [0.15, 0.2) is 0 Å². The van der Waals surface area contributed by atoms with Gasteiger partial charge in [-0.3, -0.25) is 4.79 Å². The van der Waals surface area contributed by atoms with Crippen LogP contribution in [0.25, 0.3) is 0 Å². The number of carbonyl (C=O) groups is 1. The highest BCUT2D eigenvalue weighted by molar-refractivity contribution is 9.10. The Labute approximate surface area is 117 Å². The van der Waals surface area contributed by atoms with Gasteiger partial charge in [-0.25, -0.2) is 0 Å². The Morgan fingerprint density at radius 1 is 1.44 bits per heavy atom. The van der Waals surface area contributed by atoms with E-state index in [4.69, 9.17) is 10.5 Å². The summed E-state index contributed by atoms with van der Waals surface area (Å²) in [6.45, 7) is 4.79. The summed E-state index contributed by atoms with van der Waals surface area (Å²) in [5.41, 5.74) is 6.58. The molecule has 1 aromatic rings. The minimum atomic E-state index is -0.203. The average Bonchev–Trinajstić information content (AvgIpc) is 2.33. The van der Waals surface area contributed by atoms with Gasteiger partial charge in [-0.2, -0.15) is 0 Å². The summed E-state index contributed by atoms with van der Waals surface area (Å²) >= 11 is 3.38. The van der Waals surface area contributed by atoms with Crippen molar-refractivity contribution in [3.05, 3.63) is 34.3 Å². The number of ether oxygens (including phenoxy) is 1. The molecule has 0 radical (unpaired) electrons. The second-order valence-electron chi connectivity index (χ2n) is 4.80. The predicted octanol–water partition coefficient (Wildman–Crippen LogP) is 3.11. The maximum atomic E-state index is 11.9. The first-order valence-electron chi connectivity index (χ1n) is 6.14. The molecule has 0 saturated heterocycles. The van der Waals surface area contributed by atoms with Crippen molar-refractivity contribution in [2.75, 3.05) is 6.54 Å². The normalized spacial score (nSPS) is 12.5. The first kappa shape index (κ1) is 15.2. The van der Waals surface area contributed by atoms with Gasteiger partial charge in [-0.05, 0) is 30.0 Å². The molecular weight excluding hydrogens is 294 g/mol. The summed E-state index contributed by atoms with van der Waals surface area (Å²) in [5.74, 6) is 0.0419. The quantitative estimate of drug-likeness (QED) is 0.821. The van der Waals surface area contributed by atoms with Gasteiger partial charge in [0.1, 0.15) is 6.61 Å². The van der Waals surface area contributed by atoms with E-state index in [-0.39, 0.29) is 11.9 Å². The third-order valence-electron chi connectivity index (χ3n) is 2.64. The zero-order chi connectivity index (χ0) is 13.5. The van der Waals surface area contributed by atoms with Crippen molar-refractivity contribution >= 4 is 21.9 Å². The van der Waals surface area contributed by atoms with Crippen LogP contribution >= 0.6 is 15.9 Å². The van der Waals surface area contributed by atoms with Crippen LogP contribution in [0, 0.1) is 11.8 Å². The molecule has 0 spiro atoms. The van der Waals surface area contributed by atoms with E-state index in [1.54, 1.807) is 0 Å². The lowest BCUT2D eigenvalue weighted by atomic mass is 9.97. The van der Waals surface area contributed by atoms with E-state index in [0.29, 0.717) is 19.1 Å². The second kappa shape index (κ2) is 7.54. The lowest BCUT2D eigenvalue weighted by Gasteiger charge is -2.16. The molecule has 1 unspecified atom stereocenters. The number of rotatable bonds is 6. The molecule has 3 nitrogen and oxygen atoms in total. The topological polar surface area (TPSA) is 52.3 Å². The number of nitrogens with two attached hydrogens (primary N) is 1. The van der Waals surface area contributed by atoms with E-state index in [2.05, 4.69) is 29.8 Å². The number of carbonyl (C=O) groups excluding carboxylic acids is 1. The molecule has 0 amide bonds. The monoisotopic (exact) mass is 313 g/mol. The zero-order valence-electron chi connectivity index (χ0n) is 10.9. The Kier molecular flexibility index (Phi) is 6.36. The highest BCUT2D eigenvalue weighted by Gasteiger charge is 2.19. The van der Waals surface area contributed by atoms with Gasteiger partial charge in [-0.15, -0.1) is 0 Å². The molecule has 18 heavy (non-hydrogen) atoms. The van der Waals surface area contributed by atoms with Crippen molar-refractivity contribution < 1.29 is 9.53 Å². The van der Waals surface area contributed by atoms with Gasteiger partial charge < -0.3 is 10.5 Å². The van der Waals surface area contributed by atoms with Crippen molar-refractivity contribution in [2.45, 2.75) is 26.9 Å². The van der Waals surface area contributed by atoms with Crippen LogP contribution in [0.3, 0.4) is 0 Å². The lowest BCUT2D eigenvalue weighted by Crippen LogP contribution is -2.27. The van der Waals surface area contributed by atoms with Crippen LogP contribution in [0.15, 0.2) is 28.7 Å². The van der Waals surface area contributed by atoms with E-state index < -0.39 is 0 Å². The molecule has 0 aliphatic heterocycles. The fourth-order valence-electron chi connectivity index (χ4n) is 1.76. The number of hydrogen-bond donors (Lipinski definition) is 1. The van der Waals surface area contributed by atoms with Gasteiger partial charge in [0, 0.05) is 11.0 Å². The molecule has 0 aromatic heterocycles. The first-order valence-corrected chi connectivity index (χ1v) is 6.93. The van der Waals surface area contributed by atoms with Crippen molar-refractivity contribution in [1.82, 2.24) is 0 Å². The molecule has 1 rings (SSSR count). The van der Waals surface area contributed by atoms with E-state index >= 15 is 0 Å². The van der Waals surface area contributed by atoms with Gasteiger partial charge in [0.25, 0.3) is 0 Å². The summed E-state index contributed by atoms with van der Waals surface area (Å²) < 4.78 is 6.28. The maximum absolute atomic E-state index is 11.9. The highest BCUT2D eigenvalue weighted by Crippen LogP contribution is 2.15. The van der Waals surface area contributed by atoms with Crippen LogP contribution < -0.4 is 5.73 Å². The van der Waals surface area contributed by atoms with Crippen LogP contribution in [0.2, 0.25) is 0 Å². The number of hydrogen-bond acceptors (Lipinski definition) is 3. The molecule has 0 bridgehead atoms. The zero-order valence-corrected chi connectivity index (χ0v) is 12.4. The summed E-state index contributed by atoms with van der Waals surface area (Å²) in [4.78, 5) is 11.9. The minimum Gasteiger partial charge on any atom is -0.461 e. The minimum absolute atomic E-state index is 0.197. The fourth-order valence-corrected chi connectivity index (χ4v) is 2.20. The lowest BCUT2D eigenvalue weighted by molar-refractivity contribution is -0.150. The average molecular weight is 314 g/mol. The van der Waals surface area contributed by atoms with Crippen LogP contribution in [-0.4, -0.2) is 12.5 Å². The molecule has 0 saturated carbocycles. The van der Waals surface area contributed by atoms with Gasteiger partial charge in [0.2, 0.25) is 0 Å². The molecule has 1 atom stereocenters. The molecule has 0 aliphatic rings. The van der Waals surface area contributed by atoms with E-state index in [1.807, 2.05) is 24.3 Å².